The van der Waals surface area contributed by atoms with Gasteiger partial charge in [0, 0.05) is 6.54 Å². The molecule has 7 heteroatoms. The smallest absolute Gasteiger partial charge is 0.311 e. The Hall–Kier alpha value is -1.89. The van der Waals surface area contributed by atoms with Crippen molar-refractivity contribution in [2.75, 3.05) is 13.2 Å². The van der Waals surface area contributed by atoms with Crippen molar-refractivity contribution >= 4 is 21.7 Å². The molecule has 1 amide bonds. The molecule has 1 aromatic carbocycles. The molecule has 1 N–H and O–H groups in total. The maximum absolute atomic E-state index is 12.2. The van der Waals surface area contributed by atoms with Crippen LogP contribution in [-0.2, 0) is 30.6 Å². The highest BCUT2D eigenvalue weighted by Gasteiger charge is 2.31. The maximum atomic E-state index is 12.2. The summed E-state index contributed by atoms with van der Waals surface area (Å²) >= 11 is 0. The van der Waals surface area contributed by atoms with Crippen LogP contribution in [0.1, 0.15) is 33.3 Å². The number of ether oxygens (including phenoxy) is 1. The highest BCUT2D eigenvalue weighted by Crippen LogP contribution is 2.12. The van der Waals surface area contributed by atoms with E-state index in [-0.39, 0.29) is 13.2 Å². The van der Waals surface area contributed by atoms with E-state index in [2.05, 4.69) is 5.32 Å². The molecule has 0 saturated carbocycles. The van der Waals surface area contributed by atoms with Crippen LogP contribution in [0.15, 0.2) is 30.3 Å². The minimum atomic E-state index is -3.54. The van der Waals surface area contributed by atoms with Crippen LogP contribution >= 0.6 is 0 Å². The number of amides is 1. The average molecular weight is 369 g/mol. The number of nitrogens with one attached hydrogen (secondary N) is 1. The largest absolute Gasteiger partial charge is 0.466 e. The van der Waals surface area contributed by atoms with Crippen LogP contribution in [0.5, 0.6) is 0 Å². The van der Waals surface area contributed by atoms with Gasteiger partial charge in [0.2, 0.25) is 5.91 Å². The van der Waals surface area contributed by atoms with Gasteiger partial charge in [0.05, 0.1) is 17.8 Å². The first-order chi connectivity index (χ1) is 11.7. The summed E-state index contributed by atoms with van der Waals surface area (Å²) in [6, 6.07) is 9.39. The zero-order valence-electron chi connectivity index (χ0n) is 15.2. The lowest BCUT2D eigenvalue weighted by molar-refractivity contribution is -0.147. The van der Waals surface area contributed by atoms with Crippen molar-refractivity contribution in [2.24, 2.45) is 5.92 Å². The summed E-state index contributed by atoms with van der Waals surface area (Å²) in [7, 11) is -3.54. The molecule has 0 saturated heterocycles. The van der Waals surface area contributed by atoms with E-state index in [0.29, 0.717) is 6.42 Å². The molecule has 0 aromatic heterocycles. The molecule has 0 fully saturated rings. The van der Waals surface area contributed by atoms with Crippen molar-refractivity contribution < 1.29 is 22.7 Å². The van der Waals surface area contributed by atoms with Gasteiger partial charge >= 0.3 is 5.97 Å². The maximum Gasteiger partial charge on any atom is 0.311 e. The first kappa shape index (κ1) is 21.2. The van der Waals surface area contributed by atoms with Gasteiger partial charge in [-0.2, -0.15) is 0 Å². The molecule has 0 radical (unpaired) electrons. The summed E-state index contributed by atoms with van der Waals surface area (Å²) in [4.78, 5) is 24.3. The van der Waals surface area contributed by atoms with E-state index in [4.69, 9.17) is 4.74 Å². The Morgan fingerprint density at radius 2 is 1.72 bits per heavy atom. The lowest BCUT2D eigenvalue weighted by atomic mass is 9.99. The van der Waals surface area contributed by atoms with Gasteiger partial charge in [-0.1, -0.05) is 30.3 Å². The third kappa shape index (κ3) is 6.16. The molecule has 6 nitrogen and oxygen atoms in total. The fraction of sp³-hybridized carbons (Fsp3) is 0.556. The first-order valence-electron chi connectivity index (χ1n) is 8.41. The van der Waals surface area contributed by atoms with Gasteiger partial charge in [0.15, 0.2) is 9.84 Å². The zero-order valence-corrected chi connectivity index (χ0v) is 16.0. The molecule has 2 unspecified atom stereocenters. The predicted molar refractivity (Wildman–Crippen MR) is 96.8 cm³/mol. The highest BCUT2D eigenvalue weighted by molar-refractivity contribution is 7.93. The Kier molecular flexibility index (Phi) is 8.09. The Bertz CT molecular complexity index is 670. The van der Waals surface area contributed by atoms with Gasteiger partial charge in [0.1, 0.15) is 5.25 Å². The van der Waals surface area contributed by atoms with Crippen molar-refractivity contribution in [3.63, 3.8) is 0 Å². The van der Waals surface area contributed by atoms with E-state index < -0.39 is 38.1 Å². The van der Waals surface area contributed by atoms with Crippen LogP contribution in [-0.4, -0.2) is 43.9 Å². The van der Waals surface area contributed by atoms with E-state index in [1.165, 1.54) is 20.8 Å². The molecule has 0 heterocycles. The van der Waals surface area contributed by atoms with Gasteiger partial charge in [-0.3, -0.25) is 9.59 Å². The van der Waals surface area contributed by atoms with Crippen LogP contribution in [0.3, 0.4) is 0 Å². The Morgan fingerprint density at radius 1 is 1.12 bits per heavy atom. The molecule has 0 spiro atoms. The summed E-state index contributed by atoms with van der Waals surface area (Å²) in [5, 5.41) is 0.784. The van der Waals surface area contributed by atoms with Crippen molar-refractivity contribution in [3.8, 4) is 0 Å². The molecular weight excluding hydrogens is 342 g/mol. The summed E-state index contributed by atoms with van der Waals surface area (Å²) in [6.07, 6.45) is 0.408. The van der Waals surface area contributed by atoms with Gasteiger partial charge in [0.25, 0.3) is 0 Å². The van der Waals surface area contributed by atoms with Gasteiger partial charge in [-0.05, 0) is 39.7 Å². The van der Waals surface area contributed by atoms with Crippen LogP contribution in [0.25, 0.3) is 0 Å². The second-order valence-corrected chi connectivity index (χ2v) is 8.99. The summed E-state index contributed by atoms with van der Waals surface area (Å²) in [6.45, 7) is 6.43. The lowest BCUT2D eigenvalue weighted by Gasteiger charge is -2.19. The molecule has 1 aromatic rings. The molecule has 1 rings (SSSR count). The number of hydrogen-bond donors (Lipinski definition) is 1. The fourth-order valence-electron chi connectivity index (χ4n) is 2.32. The number of esters is 1. The molecule has 0 aliphatic carbocycles. The monoisotopic (exact) mass is 369 g/mol. The number of hydrogen-bond acceptors (Lipinski definition) is 5. The molecule has 0 aliphatic rings. The van der Waals surface area contributed by atoms with Crippen LogP contribution in [0.2, 0.25) is 0 Å². The summed E-state index contributed by atoms with van der Waals surface area (Å²) < 4.78 is 29.2. The minimum absolute atomic E-state index is 0.0323. The lowest BCUT2D eigenvalue weighted by Crippen LogP contribution is -2.43. The van der Waals surface area contributed by atoms with Crippen LogP contribution < -0.4 is 5.32 Å². The quantitative estimate of drug-likeness (QED) is 0.670. The van der Waals surface area contributed by atoms with Gasteiger partial charge < -0.3 is 10.1 Å². The molecule has 25 heavy (non-hydrogen) atoms. The molecular formula is C18H27NO5S. The third-order valence-electron chi connectivity index (χ3n) is 3.99. The topological polar surface area (TPSA) is 89.5 Å². The molecule has 0 bridgehead atoms. The van der Waals surface area contributed by atoms with Crippen molar-refractivity contribution in [2.45, 2.75) is 44.6 Å². The minimum Gasteiger partial charge on any atom is -0.466 e. The number of carbonyl (C=O) groups excluding carboxylic acids is 2. The van der Waals surface area contributed by atoms with E-state index in [9.17, 15) is 18.0 Å². The second-order valence-electron chi connectivity index (χ2n) is 6.16. The van der Waals surface area contributed by atoms with Crippen molar-refractivity contribution in [1.82, 2.24) is 5.32 Å². The van der Waals surface area contributed by atoms with E-state index in [1.54, 1.807) is 6.92 Å². The Labute approximate surface area is 149 Å². The number of carbonyl (C=O) groups is 2. The second kappa shape index (κ2) is 9.56. The van der Waals surface area contributed by atoms with Gasteiger partial charge in [-0.25, -0.2) is 8.42 Å². The van der Waals surface area contributed by atoms with Gasteiger partial charge in [-0.15, -0.1) is 0 Å². The average Bonchev–Trinajstić information content (AvgIpc) is 2.58. The van der Waals surface area contributed by atoms with E-state index >= 15 is 0 Å². The Morgan fingerprint density at radius 3 is 2.24 bits per heavy atom. The van der Waals surface area contributed by atoms with Crippen LogP contribution in [0.4, 0.5) is 0 Å². The first-order valence-corrected chi connectivity index (χ1v) is 10.0. The highest BCUT2D eigenvalue weighted by atomic mass is 32.2. The van der Waals surface area contributed by atoms with Crippen molar-refractivity contribution in [1.29, 1.82) is 0 Å². The number of benzene rings is 1. The zero-order chi connectivity index (χ0) is 19.0. The predicted octanol–water partition coefficient (Wildman–Crippen LogP) is 1.74. The fourth-order valence-corrected chi connectivity index (χ4v) is 3.52. The molecule has 2 atom stereocenters. The number of rotatable bonds is 9. The van der Waals surface area contributed by atoms with Crippen LogP contribution in [0, 0.1) is 5.92 Å². The normalized spacial score (nSPS) is 14.0. The summed E-state index contributed by atoms with van der Waals surface area (Å²) in [5.74, 6) is -1.58. The Balaban J connectivity index is 2.78. The van der Waals surface area contributed by atoms with Crippen molar-refractivity contribution in [3.05, 3.63) is 35.9 Å². The number of sulfone groups is 1. The standard InChI is InChI=1S/C18H27NO5S/c1-5-24-18(21)16(11-15-9-7-6-8-10-15)12-19-17(20)14(4)25(22,23)13(2)3/h6-10,13-14,16H,5,11-12H2,1-4H3,(H,19,20). The third-order valence-corrected chi connectivity index (χ3v) is 6.50. The van der Waals surface area contributed by atoms with E-state index in [1.807, 2.05) is 30.3 Å². The molecule has 140 valence electrons. The summed E-state index contributed by atoms with van der Waals surface area (Å²) in [5.41, 5.74) is 0.942. The van der Waals surface area contributed by atoms with E-state index in [0.717, 1.165) is 5.56 Å². The SMILES string of the molecule is CCOC(=O)C(CNC(=O)C(C)S(=O)(=O)C(C)C)Cc1ccccc1. The molecule has 0 aliphatic heterocycles.